The molecule has 1 aromatic carbocycles. The van der Waals surface area contributed by atoms with Crippen LogP contribution in [0.25, 0.3) is 17.0 Å². The fourth-order valence-electron chi connectivity index (χ4n) is 2.07. The van der Waals surface area contributed by atoms with E-state index in [0.29, 0.717) is 0 Å². The van der Waals surface area contributed by atoms with E-state index >= 15 is 0 Å². The SMILES string of the molecule is Cc1ccc2cc(/C=C/CNC3CC3)ccc2n1. The molecule has 2 nitrogen and oxygen atoms in total. The van der Waals surface area contributed by atoms with Gasteiger partial charge in [-0.05, 0) is 43.5 Å². The zero-order valence-electron chi connectivity index (χ0n) is 10.7. The molecule has 0 atom stereocenters. The summed E-state index contributed by atoms with van der Waals surface area (Å²) in [5, 5.41) is 4.68. The molecule has 0 unspecified atom stereocenters. The van der Waals surface area contributed by atoms with Crippen LogP contribution in [-0.2, 0) is 0 Å². The van der Waals surface area contributed by atoms with Gasteiger partial charge in [-0.15, -0.1) is 0 Å². The van der Waals surface area contributed by atoms with Gasteiger partial charge in [-0.25, -0.2) is 0 Å². The first-order chi connectivity index (χ1) is 8.81. The van der Waals surface area contributed by atoms with E-state index in [1.807, 2.05) is 6.92 Å². The van der Waals surface area contributed by atoms with Crippen molar-refractivity contribution in [3.8, 4) is 0 Å². The van der Waals surface area contributed by atoms with Crippen LogP contribution in [0.3, 0.4) is 0 Å². The lowest BCUT2D eigenvalue weighted by molar-refractivity contribution is 0.754. The molecule has 2 heteroatoms. The molecule has 1 fully saturated rings. The highest BCUT2D eigenvalue weighted by atomic mass is 14.9. The molecule has 0 spiro atoms. The van der Waals surface area contributed by atoms with Crippen molar-refractivity contribution < 1.29 is 0 Å². The molecule has 3 rings (SSSR count). The molecule has 0 aliphatic heterocycles. The lowest BCUT2D eigenvalue weighted by Crippen LogP contribution is -2.15. The first-order valence-electron chi connectivity index (χ1n) is 6.58. The van der Waals surface area contributed by atoms with Crippen molar-refractivity contribution in [1.82, 2.24) is 10.3 Å². The maximum absolute atomic E-state index is 4.51. The first-order valence-corrected chi connectivity index (χ1v) is 6.58. The normalized spacial score (nSPS) is 15.6. The summed E-state index contributed by atoms with van der Waals surface area (Å²) in [6, 6.07) is 11.4. The van der Waals surface area contributed by atoms with Crippen molar-refractivity contribution >= 4 is 17.0 Å². The van der Waals surface area contributed by atoms with Gasteiger partial charge in [0.25, 0.3) is 0 Å². The smallest absolute Gasteiger partial charge is 0.0705 e. The van der Waals surface area contributed by atoms with E-state index < -0.39 is 0 Å². The van der Waals surface area contributed by atoms with Crippen LogP contribution in [0.15, 0.2) is 36.4 Å². The van der Waals surface area contributed by atoms with Crippen LogP contribution >= 0.6 is 0 Å². The minimum Gasteiger partial charge on any atom is -0.311 e. The molecule has 1 N–H and O–H groups in total. The minimum atomic E-state index is 0.776. The molecular formula is C16H18N2. The van der Waals surface area contributed by atoms with Crippen LogP contribution in [0, 0.1) is 6.92 Å². The summed E-state index contributed by atoms with van der Waals surface area (Å²) in [6.45, 7) is 2.99. The summed E-state index contributed by atoms with van der Waals surface area (Å²) in [5.74, 6) is 0. The molecule has 2 aromatic rings. The highest BCUT2D eigenvalue weighted by Crippen LogP contribution is 2.18. The van der Waals surface area contributed by atoms with Crippen LogP contribution in [0.4, 0.5) is 0 Å². The number of aromatic nitrogens is 1. The Kier molecular flexibility index (Phi) is 3.11. The fraction of sp³-hybridized carbons (Fsp3) is 0.312. The van der Waals surface area contributed by atoms with Crippen LogP contribution in [0.1, 0.15) is 24.1 Å². The molecule has 0 bridgehead atoms. The average molecular weight is 238 g/mol. The van der Waals surface area contributed by atoms with Gasteiger partial charge in [-0.1, -0.05) is 24.3 Å². The number of pyridine rings is 1. The first kappa shape index (κ1) is 11.4. The Hall–Kier alpha value is -1.67. The Morgan fingerprint density at radius 1 is 1.28 bits per heavy atom. The lowest BCUT2D eigenvalue weighted by atomic mass is 10.1. The van der Waals surface area contributed by atoms with Crippen LogP contribution in [0.2, 0.25) is 0 Å². The van der Waals surface area contributed by atoms with Gasteiger partial charge in [0.1, 0.15) is 0 Å². The molecule has 0 amide bonds. The maximum Gasteiger partial charge on any atom is 0.0705 e. The van der Waals surface area contributed by atoms with Crippen molar-refractivity contribution in [3.63, 3.8) is 0 Å². The summed E-state index contributed by atoms with van der Waals surface area (Å²) >= 11 is 0. The van der Waals surface area contributed by atoms with Crippen molar-refractivity contribution in [1.29, 1.82) is 0 Å². The van der Waals surface area contributed by atoms with E-state index in [-0.39, 0.29) is 0 Å². The molecule has 1 saturated carbocycles. The fourth-order valence-corrected chi connectivity index (χ4v) is 2.07. The number of aryl methyl sites for hydroxylation is 1. The molecule has 0 radical (unpaired) electrons. The predicted molar refractivity (Wildman–Crippen MR) is 76.5 cm³/mol. The number of hydrogen-bond acceptors (Lipinski definition) is 2. The quantitative estimate of drug-likeness (QED) is 0.884. The maximum atomic E-state index is 4.51. The summed E-state index contributed by atoms with van der Waals surface area (Å²) in [4.78, 5) is 4.51. The number of nitrogens with zero attached hydrogens (tertiary/aromatic N) is 1. The highest BCUT2D eigenvalue weighted by molar-refractivity contribution is 5.81. The van der Waals surface area contributed by atoms with Gasteiger partial charge >= 0.3 is 0 Å². The number of nitrogens with one attached hydrogen (secondary N) is 1. The Morgan fingerprint density at radius 2 is 2.17 bits per heavy atom. The van der Waals surface area contributed by atoms with Crippen molar-refractivity contribution in [3.05, 3.63) is 47.7 Å². The van der Waals surface area contributed by atoms with E-state index in [1.54, 1.807) is 0 Å². The monoisotopic (exact) mass is 238 g/mol. The summed E-state index contributed by atoms with van der Waals surface area (Å²) < 4.78 is 0. The predicted octanol–water partition coefficient (Wildman–Crippen LogP) is 3.31. The van der Waals surface area contributed by atoms with Gasteiger partial charge in [0, 0.05) is 23.7 Å². The number of fused-ring (bicyclic) bond motifs is 1. The summed E-state index contributed by atoms with van der Waals surface area (Å²) in [7, 11) is 0. The summed E-state index contributed by atoms with van der Waals surface area (Å²) in [5.41, 5.74) is 3.38. The zero-order chi connectivity index (χ0) is 12.4. The largest absolute Gasteiger partial charge is 0.311 e. The molecule has 1 aliphatic rings. The minimum absolute atomic E-state index is 0.776. The molecule has 1 heterocycles. The van der Waals surface area contributed by atoms with Crippen LogP contribution < -0.4 is 5.32 Å². The third-order valence-electron chi connectivity index (χ3n) is 3.26. The second-order valence-corrected chi connectivity index (χ2v) is 4.99. The number of benzene rings is 1. The molecule has 1 aromatic heterocycles. The highest BCUT2D eigenvalue weighted by Gasteiger charge is 2.18. The van der Waals surface area contributed by atoms with Crippen molar-refractivity contribution in [2.45, 2.75) is 25.8 Å². The molecule has 1 aliphatic carbocycles. The van der Waals surface area contributed by atoms with E-state index in [9.17, 15) is 0 Å². The van der Waals surface area contributed by atoms with E-state index in [0.717, 1.165) is 23.8 Å². The Bertz CT molecular complexity index is 583. The van der Waals surface area contributed by atoms with Gasteiger partial charge in [0.2, 0.25) is 0 Å². The van der Waals surface area contributed by atoms with Gasteiger partial charge in [0.05, 0.1) is 5.52 Å². The van der Waals surface area contributed by atoms with E-state index in [1.165, 1.54) is 23.8 Å². The van der Waals surface area contributed by atoms with Crippen LogP contribution in [-0.4, -0.2) is 17.6 Å². The average Bonchev–Trinajstić information content (AvgIpc) is 3.19. The molecule has 0 saturated heterocycles. The van der Waals surface area contributed by atoms with Gasteiger partial charge in [-0.3, -0.25) is 4.98 Å². The van der Waals surface area contributed by atoms with Gasteiger partial charge in [0.15, 0.2) is 0 Å². The van der Waals surface area contributed by atoms with Gasteiger partial charge < -0.3 is 5.32 Å². The van der Waals surface area contributed by atoms with Gasteiger partial charge in [-0.2, -0.15) is 0 Å². The molecule has 18 heavy (non-hydrogen) atoms. The molecular weight excluding hydrogens is 220 g/mol. The third kappa shape index (κ3) is 2.77. The second-order valence-electron chi connectivity index (χ2n) is 4.99. The molecule has 92 valence electrons. The lowest BCUT2D eigenvalue weighted by Gasteiger charge is -2.01. The van der Waals surface area contributed by atoms with Crippen molar-refractivity contribution in [2.24, 2.45) is 0 Å². The number of hydrogen-bond donors (Lipinski definition) is 1. The Labute approximate surface area is 108 Å². The standard InChI is InChI=1S/C16H18N2/c1-12-4-6-14-11-13(5-9-16(14)18-12)3-2-10-17-15-7-8-15/h2-6,9,11,15,17H,7-8,10H2,1H3/b3-2+. The zero-order valence-corrected chi connectivity index (χ0v) is 10.7. The van der Waals surface area contributed by atoms with Crippen LogP contribution in [0.5, 0.6) is 0 Å². The third-order valence-corrected chi connectivity index (χ3v) is 3.26. The topological polar surface area (TPSA) is 24.9 Å². The summed E-state index contributed by atoms with van der Waals surface area (Å²) in [6.07, 6.45) is 7.06. The Balaban J connectivity index is 1.73. The number of rotatable bonds is 4. The Morgan fingerprint density at radius 3 is 3.00 bits per heavy atom. The second kappa shape index (κ2) is 4.91. The van der Waals surface area contributed by atoms with Crippen molar-refractivity contribution in [2.75, 3.05) is 6.54 Å². The van der Waals surface area contributed by atoms with E-state index in [4.69, 9.17) is 0 Å². The van der Waals surface area contributed by atoms with E-state index in [2.05, 4.69) is 52.8 Å².